The Morgan fingerprint density at radius 2 is 1.76 bits per heavy atom. The van der Waals surface area contributed by atoms with Crippen LogP contribution in [0.5, 0.6) is 0 Å². The minimum atomic E-state index is -0.473. The van der Waals surface area contributed by atoms with Crippen molar-refractivity contribution in [3.63, 3.8) is 0 Å². The minimum absolute atomic E-state index is 0.370. The lowest BCUT2D eigenvalue weighted by Gasteiger charge is -2.11. The third-order valence-electron chi connectivity index (χ3n) is 4.87. The van der Waals surface area contributed by atoms with Gasteiger partial charge in [0.25, 0.3) is 0 Å². The Morgan fingerprint density at radius 3 is 2.42 bits per heavy atom. The second-order valence-corrected chi connectivity index (χ2v) is 7.09. The number of urea groups is 1. The zero-order valence-electron chi connectivity index (χ0n) is 17.1. The predicted octanol–water partition coefficient (Wildman–Crippen LogP) is 4.68. The van der Waals surface area contributed by atoms with Crippen molar-refractivity contribution >= 4 is 23.4 Å². The third-order valence-corrected chi connectivity index (χ3v) is 4.87. The molecule has 0 spiro atoms. The molecule has 0 radical (unpaired) electrons. The molecule has 0 saturated carbocycles. The Bertz CT molecular complexity index is 1390. The van der Waals surface area contributed by atoms with Crippen LogP contribution in [0.4, 0.5) is 26.5 Å². The van der Waals surface area contributed by atoms with E-state index < -0.39 is 6.03 Å². The Morgan fingerprint density at radius 1 is 1.00 bits per heavy atom. The fraction of sp³-hybridized carbons (Fsp3) is 0. The van der Waals surface area contributed by atoms with Crippen LogP contribution < -0.4 is 16.4 Å². The molecule has 164 valence electrons. The number of imidazole rings is 1. The number of carbonyl (C=O) groups excluding carboxylic acids is 1. The van der Waals surface area contributed by atoms with Gasteiger partial charge < -0.3 is 15.5 Å². The summed E-state index contributed by atoms with van der Waals surface area (Å²) in [5.74, 6) is 1.06. The van der Waals surface area contributed by atoms with Crippen LogP contribution in [-0.4, -0.2) is 25.4 Å². The first-order valence-electron chi connectivity index (χ1n) is 9.93. The molecule has 3 aromatic heterocycles. The first-order valence-corrected chi connectivity index (χ1v) is 9.93. The molecule has 3 heterocycles. The Labute approximate surface area is 187 Å². The maximum absolute atomic E-state index is 13.4. The number of hydrogen-bond donors (Lipinski definition) is 3. The monoisotopic (exact) mass is 443 g/mol. The topological polar surface area (TPSA) is 116 Å². The first kappa shape index (κ1) is 20.1. The van der Waals surface area contributed by atoms with Gasteiger partial charge in [-0.2, -0.15) is 5.10 Å². The van der Waals surface area contributed by atoms with E-state index in [1.165, 1.54) is 23.1 Å². The molecule has 2 amide bonds. The fourth-order valence-corrected chi connectivity index (χ4v) is 3.30. The number of carbonyl (C=O) groups is 1. The number of nitrogens with zero attached hydrogens (tertiary/aromatic N) is 4. The van der Waals surface area contributed by atoms with Crippen LogP contribution in [0.25, 0.3) is 22.8 Å². The van der Waals surface area contributed by atoms with Gasteiger partial charge >= 0.3 is 6.03 Å². The maximum atomic E-state index is 13.4. The van der Waals surface area contributed by atoms with Crippen LogP contribution >= 0.6 is 0 Å². The van der Waals surface area contributed by atoms with Crippen LogP contribution in [0.3, 0.4) is 0 Å². The van der Waals surface area contributed by atoms with Gasteiger partial charge in [-0.05, 0) is 60.7 Å². The second-order valence-electron chi connectivity index (χ2n) is 7.09. The van der Waals surface area contributed by atoms with Gasteiger partial charge in [0.05, 0.1) is 18.1 Å². The van der Waals surface area contributed by atoms with E-state index in [2.05, 4.69) is 20.7 Å². The van der Waals surface area contributed by atoms with Gasteiger partial charge in [0.1, 0.15) is 29.5 Å². The fourth-order valence-electron chi connectivity index (χ4n) is 3.30. The lowest BCUT2D eigenvalue weighted by Crippen LogP contribution is -2.21. The van der Waals surface area contributed by atoms with Crippen molar-refractivity contribution in [1.82, 2.24) is 19.3 Å². The summed E-state index contributed by atoms with van der Waals surface area (Å²) in [6, 6.07) is 17.6. The van der Waals surface area contributed by atoms with Crippen LogP contribution in [0.1, 0.15) is 0 Å². The molecule has 0 aliphatic carbocycles. The molecule has 33 heavy (non-hydrogen) atoms. The maximum Gasteiger partial charge on any atom is 0.324 e. The summed E-state index contributed by atoms with van der Waals surface area (Å²) in [5, 5.41) is 10.1. The van der Waals surface area contributed by atoms with Gasteiger partial charge in [-0.15, -0.1) is 0 Å². The van der Waals surface area contributed by atoms with Gasteiger partial charge in [-0.1, -0.05) is 0 Å². The van der Waals surface area contributed by atoms with Crippen molar-refractivity contribution in [1.29, 1.82) is 0 Å². The van der Waals surface area contributed by atoms with E-state index in [1.807, 2.05) is 12.1 Å². The van der Waals surface area contributed by atoms with Crippen molar-refractivity contribution in [3.8, 4) is 22.8 Å². The minimum Gasteiger partial charge on any atom is -0.463 e. The number of halogens is 1. The molecule has 0 saturated heterocycles. The molecule has 0 aliphatic rings. The van der Waals surface area contributed by atoms with Gasteiger partial charge in [0.15, 0.2) is 5.76 Å². The summed E-state index contributed by atoms with van der Waals surface area (Å²) in [5.41, 5.74) is 8.35. The number of hydrogen-bond acceptors (Lipinski definition) is 5. The average molecular weight is 443 g/mol. The van der Waals surface area contributed by atoms with E-state index in [0.717, 1.165) is 5.69 Å². The van der Waals surface area contributed by atoms with E-state index >= 15 is 0 Å². The average Bonchev–Trinajstić information content (AvgIpc) is 3.56. The number of benzene rings is 2. The standard InChI is InChI=1S/C23H18FN7O2/c24-15-3-7-18(8-4-15)31-22(12-19(29-31)20-2-1-11-33-20)28-23(32)27-16-5-9-17(10-6-16)30-14-26-13-21(30)25/h1-14H,25H2,(H2,27,28,32). The predicted molar refractivity (Wildman–Crippen MR) is 122 cm³/mol. The highest BCUT2D eigenvalue weighted by Crippen LogP contribution is 2.25. The summed E-state index contributed by atoms with van der Waals surface area (Å²) in [4.78, 5) is 16.7. The molecule has 0 atom stereocenters. The Hall–Kier alpha value is -4.86. The molecule has 4 N–H and O–H groups in total. The van der Waals surface area contributed by atoms with Crippen LogP contribution in [0.15, 0.2) is 89.9 Å². The van der Waals surface area contributed by atoms with Gasteiger partial charge in [-0.25, -0.2) is 18.9 Å². The number of furan rings is 1. The van der Waals surface area contributed by atoms with Gasteiger partial charge in [-0.3, -0.25) is 9.88 Å². The van der Waals surface area contributed by atoms with Crippen molar-refractivity contribution in [3.05, 3.63) is 91.3 Å². The van der Waals surface area contributed by atoms with Crippen molar-refractivity contribution in [2.75, 3.05) is 16.4 Å². The number of aromatic nitrogens is 4. The zero-order chi connectivity index (χ0) is 22.8. The number of nitrogen functional groups attached to an aromatic ring is 1. The van der Waals surface area contributed by atoms with E-state index in [-0.39, 0.29) is 5.82 Å². The second kappa shape index (κ2) is 8.35. The molecule has 0 bridgehead atoms. The van der Waals surface area contributed by atoms with E-state index in [1.54, 1.807) is 59.6 Å². The number of nitrogens with one attached hydrogen (secondary N) is 2. The lowest BCUT2D eigenvalue weighted by atomic mass is 10.3. The number of rotatable bonds is 5. The number of amides is 2. The summed E-state index contributed by atoms with van der Waals surface area (Å²) >= 11 is 0. The third kappa shape index (κ3) is 4.17. The van der Waals surface area contributed by atoms with E-state index in [9.17, 15) is 9.18 Å². The number of nitrogens with two attached hydrogens (primary N) is 1. The Kier molecular flexibility index (Phi) is 5.07. The molecule has 5 aromatic rings. The van der Waals surface area contributed by atoms with Crippen LogP contribution in [-0.2, 0) is 0 Å². The van der Waals surface area contributed by atoms with E-state index in [0.29, 0.717) is 34.5 Å². The molecule has 0 aliphatic heterocycles. The summed E-state index contributed by atoms with van der Waals surface area (Å²) < 4.78 is 22.0. The molecule has 2 aromatic carbocycles. The molecule has 10 heteroatoms. The van der Waals surface area contributed by atoms with Crippen LogP contribution in [0.2, 0.25) is 0 Å². The molecule has 5 rings (SSSR count). The smallest absolute Gasteiger partial charge is 0.324 e. The summed E-state index contributed by atoms with van der Waals surface area (Å²) in [6.45, 7) is 0. The largest absolute Gasteiger partial charge is 0.463 e. The highest BCUT2D eigenvalue weighted by Gasteiger charge is 2.15. The molecule has 0 fully saturated rings. The lowest BCUT2D eigenvalue weighted by molar-refractivity contribution is 0.262. The molecular weight excluding hydrogens is 425 g/mol. The highest BCUT2D eigenvalue weighted by molar-refractivity contribution is 5.99. The molecular formula is C23H18FN7O2. The highest BCUT2D eigenvalue weighted by atomic mass is 19.1. The summed E-state index contributed by atoms with van der Waals surface area (Å²) in [7, 11) is 0. The normalized spacial score (nSPS) is 10.8. The quantitative estimate of drug-likeness (QED) is 0.365. The Balaban J connectivity index is 1.37. The van der Waals surface area contributed by atoms with Gasteiger partial charge in [0.2, 0.25) is 0 Å². The first-order chi connectivity index (χ1) is 16.1. The molecule has 0 unspecified atom stereocenters. The van der Waals surface area contributed by atoms with Crippen molar-refractivity contribution in [2.24, 2.45) is 0 Å². The summed E-state index contributed by atoms with van der Waals surface area (Å²) in [6.07, 6.45) is 4.70. The van der Waals surface area contributed by atoms with Crippen LogP contribution in [0, 0.1) is 5.82 Å². The van der Waals surface area contributed by atoms with Crippen molar-refractivity contribution in [2.45, 2.75) is 0 Å². The molecule has 9 nitrogen and oxygen atoms in total. The van der Waals surface area contributed by atoms with E-state index in [4.69, 9.17) is 10.2 Å². The SMILES string of the molecule is Nc1cncn1-c1ccc(NC(=O)Nc2cc(-c3ccco3)nn2-c2ccc(F)cc2)cc1. The zero-order valence-corrected chi connectivity index (χ0v) is 17.1. The van der Waals surface area contributed by atoms with Gasteiger partial charge in [0, 0.05) is 17.4 Å². The van der Waals surface area contributed by atoms with Crippen molar-refractivity contribution < 1.29 is 13.6 Å². The number of anilines is 3.